The third kappa shape index (κ3) is 2.23. The van der Waals surface area contributed by atoms with E-state index in [1.165, 1.54) is 0 Å². The van der Waals surface area contributed by atoms with Crippen molar-refractivity contribution in [1.29, 1.82) is 0 Å². The van der Waals surface area contributed by atoms with Gasteiger partial charge in [-0.1, -0.05) is 0 Å². The molecule has 0 saturated carbocycles. The zero-order valence-corrected chi connectivity index (χ0v) is 11.6. The van der Waals surface area contributed by atoms with Crippen LogP contribution in [-0.2, 0) is 4.74 Å². The van der Waals surface area contributed by atoms with Gasteiger partial charge in [-0.15, -0.1) is 0 Å². The minimum atomic E-state index is 0.739. The maximum atomic E-state index is 5.38. The van der Waals surface area contributed by atoms with E-state index < -0.39 is 0 Å². The summed E-state index contributed by atoms with van der Waals surface area (Å²) in [6.45, 7) is 5.20. The average Bonchev–Trinajstić information content (AvgIpc) is 2.78. The second-order valence-corrected chi connectivity index (χ2v) is 5.06. The second-order valence-electron chi connectivity index (χ2n) is 5.06. The van der Waals surface area contributed by atoms with Crippen molar-refractivity contribution in [3.63, 3.8) is 0 Å². The Balaban J connectivity index is 2.09. The van der Waals surface area contributed by atoms with Gasteiger partial charge in [0.1, 0.15) is 11.5 Å². The predicted molar refractivity (Wildman–Crippen MR) is 76.0 cm³/mol. The van der Waals surface area contributed by atoms with E-state index >= 15 is 0 Å². The standard InChI is InChI=1S/C13H19N5O/c1-9-8-10-11(14-9)15-13(16-12(10)17(2)3)18-4-6-19-7-5-18/h8H,4-7H2,1-3H3,(H,14,15,16). The molecule has 1 aliphatic heterocycles. The van der Waals surface area contributed by atoms with Crippen LogP contribution in [0.1, 0.15) is 5.69 Å². The van der Waals surface area contributed by atoms with Gasteiger partial charge in [0.25, 0.3) is 0 Å². The number of nitrogens with one attached hydrogen (secondary N) is 1. The smallest absolute Gasteiger partial charge is 0.229 e. The molecule has 0 spiro atoms. The summed E-state index contributed by atoms with van der Waals surface area (Å²) in [4.78, 5) is 16.8. The summed E-state index contributed by atoms with van der Waals surface area (Å²) >= 11 is 0. The van der Waals surface area contributed by atoms with Crippen molar-refractivity contribution in [3.05, 3.63) is 11.8 Å². The van der Waals surface area contributed by atoms with E-state index in [4.69, 9.17) is 9.72 Å². The first-order chi connectivity index (χ1) is 9.15. The number of morpholine rings is 1. The number of aromatic amines is 1. The van der Waals surface area contributed by atoms with E-state index in [0.29, 0.717) is 0 Å². The van der Waals surface area contributed by atoms with E-state index in [9.17, 15) is 0 Å². The molecule has 0 radical (unpaired) electrons. The third-order valence-electron chi connectivity index (χ3n) is 3.31. The van der Waals surface area contributed by atoms with Crippen LogP contribution in [0.15, 0.2) is 6.07 Å². The molecule has 1 N–H and O–H groups in total. The Bertz CT molecular complexity index is 586. The third-order valence-corrected chi connectivity index (χ3v) is 3.31. The van der Waals surface area contributed by atoms with Crippen molar-refractivity contribution in [2.45, 2.75) is 6.92 Å². The summed E-state index contributed by atoms with van der Waals surface area (Å²) in [6.07, 6.45) is 0. The molecule has 2 aromatic rings. The SMILES string of the molecule is Cc1cc2c(N(C)C)nc(N3CCOCC3)nc2[nH]1. The number of aryl methyl sites for hydroxylation is 1. The van der Waals surface area contributed by atoms with E-state index in [1.54, 1.807) is 0 Å². The monoisotopic (exact) mass is 261 g/mol. The molecule has 0 aliphatic carbocycles. The van der Waals surface area contributed by atoms with E-state index in [2.05, 4.69) is 20.9 Å². The highest BCUT2D eigenvalue weighted by Crippen LogP contribution is 2.26. The average molecular weight is 261 g/mol. The van der Waals surface area contributed by atoms with Crippen molar-refractivity contribution < 1.29 is 4.74 Å². The molecule has 1 saturated heterocycles. The van der Waals surface area contributed by atoms with E-state index in [0.717, 1.165) is 54.8 Å². The fourth-order valence-electron chi connectivity index (χ4n) is 2.36. The molecular weight excluding hydrogens is 242 g/mol. The molecule has 3 heterocycles. The maximum Gasteiger partial charge on any atom is 0.229 e. The molecule has 1 fully saturated rings. The van der Waals surface area contributed by atoms with Crippen molar-refractivity contribution in [1.82, 2.24) is 15.0 Å². The Morgan fingerprint density at radius 2 is 2.00 bits per heavy atom. The van der Waals surface area contributed by atoms with Crippen molar-refractivity contribution in [2.75, 3.05) is 50.2 Å². The van der Waals surface area contributed by atoms with Gasteiger partial charge in [0, 0.05) is 32.9 Å². The van der Waals surface area contributed by atoms with Gasteiger partial charge in [0.05, 0.1) is 18.6 Å². The van der Waals surface area contributed by atoms with Gasteiger partial charge in [-0.3, -0.25) is 0 Å². The van der Waals surface area contributed by atoms with Crippen molar-refractivity contribution in [3.8, 4) is 0 Å². The molecule has 0 bridgehead atoms. The minimum Gasteiger partial charge on any atom is -0.378 e. The molecule has 0 unspecified atom stereocenters. The minimum absolute atomic E-state index is 0.739. The zero-order chi connectivity index (χ0) is 13.4. The van der Waals surface area contributed by atoms with E-state index in [-0.39, 0.29) is 0 Å². The fraction of sp³-hybridized carbons (Fsp3) is 0.538. The molecule has 1 aliphatic rings. The molecule has 6 nitrogen and oxygen atoms in total. The van der Waals surface area contributed by atoms with Gasteiger partial charge in [-0.05, 0) is 13.0 Å². The molecule has 0 amide bonds. The Morgan fingerprint density at radius 3 is 2.68 bits per heavy atom. The number of hydrogen-bond donors (Lipinski definition) is 1. The number of nitrogens with zero attached hydrogens (tertiary/aromatic N) is 4. The molecule has 0 atom stereocenters. The summed E-state index contributed by atoms with van der Waals surface area (Å²) in [5.74, 6) is 1.73. The van der Waals surface area contributed by atoms with Gasteiger partial charge in [0.2, 0.25) is 5.95 Å². The number of H-pyrrole nitrogens is 1. The number of fused-ring (bicyclic) bond motifs is 1. The summed E-state index contributed by atoms with van der Waals surface area (Å²) in [5.41, 5.74) is 2.00. The van der Waals surface area contributed by atoms with Gasteiger partial charge in [-0.25, -0.2) is 0 Å². The van der Waals surface area contributed by atoms with Crippen LogP contribution in [0.3, 0.4) is 0 Å². The van der Waals surface area contributed by atoms with Crippen LogP contribution in [0.4, 0.5) is 11.8 Å². The Morgan fingerprint density at radius 1 is 1.26 bits per heavy atom. The molecule has 19 heavy (non-hydrogen) atoms. The first-order valence-electron chi connectivity index (χ1n) is 6.52. The predicted octanol–water partition coefficient (Wildman–Crippen LogP) is 1.17. The number of hydrogen-bond acceptors (Lipinski definition) is 5. The van der Waals surface area contributed by atoms with Crippen LogP contribution < -0.4 is 9.80 Å². The second kappa shape index (κ2) is 4.70. The van der Waals surface area contributed by atoms with Gasteiger partial charge in [0.15, 0.2) is 0 Å². The van der Waals surface area contributed by atoms with Crippen LogP contribution in [0.25, 0.3) is 11.0 Å². The molecule has 3 rings (SSSR count). The first-order valence-corrected chi connectivity index (χ1v) is 6.52. The molecule has 0 aromatic carbocycles. The summed E-state index contributed by atoms with van der Waals surface area (Å²) in [6, 6.07) is 2.09. The number of anilines is 2. The first kappa shape index (κ1) is 12.2. The highest BCUT2D eigenvalue weighted by molar-refractivity contribution is 5.89. The van der Waals surface area contributed by atoms with Gasteiger partial charge >= 0.3 is 0 Å². The van der Waals surface area contributed by atoms with Gasteiger partial charge < -0.3 is 19.5 Å². The normalized spacial score (nSPS) is 16.1. The fourth-order valence-corrected chi connectivity index (χ4v) is 2.36. The van der Waals surface area contributed by atoms with Gasteiger partial charge in [-0.2, -0.15) is 9.97 Å². The Kier molecular flexibility index (Phi) is 3.02. The van der Waals surface area contributed by atoms with Crippen molar-refractivity contribution >= 4 is 22.8 Å². The van der Waals surface area contributed by atoms with Crippen LogP contribution >= 0.6 is 0 Å². The molecule has 102 valence electrons. The summed E-state index contributed by atoms with van der Waals surface area (Å²) < 4.78 is 5.38. The van der Waals surface area contributed by atoms with Crippen LogP contribution in [0.2, 0.25) is 0 Å². The molecule has 6 heteroatoms. The highest BCUT2D eigenvalue weighted by atomic mass is 16.5. The largest absolute Gasteiger partial charge is 0.378 e. The molecular formula is C13H19N5O. The Labute approximate surface area is 112 Å². The maximum absolute atomic E-state index is 5.38. The topological polar surface area (TPSA) is 57.3 Å². The number of ether oxygens (including phenoxy) is 1. The zero-order valence-electron chi connectivity index (χ0n) is 11.6. The van der Waals surface area contributed by atoms with Crippen molar-refractivity contribution in [2.24, 2.45) is 0 Å². The summed E-state index contributed by atoms with van der Waals surface area (Å²) in [5, 5.41) is 1.07. The Hall–Kier alpha value is -1.82. The van der Waals surface area contributed by atoms with E-state index in [1.807, 2.05) is 25.9 Å². The summed E-state index contributed by atoms with van der Waals surface area (Å²) in [7, 11) is 4.01. The lowest BCUT2D eigenvalue weighted by molar-refractivity contribution is 0.122. The quantitative estimate of drug-likeness (QED) is 0.879. The lowest BCUT2D eigenvalue weighted by atomic mass is 10.3. The van der Waals surface area contributed by atoms with Crippen LogP contribution in [-0.4, -0.2) is 55.4 Å². The lowest BCUT2D eigenvalue weighted by Crippen LogP contribution is -2.37. The van der Waals surface area contributed by atoms with Crippen LogP contribution in [0, 0.1) is 6.92 Å². The number of aromatic nitrogens is 3. The highest BCUT2D eigenvalue weighted by Gasteiger charge is 2.18. The molecule has 2 aromatic heterocycles. The number of rotatable bonds is 2. The van der Waals surface area contributed by atoms with Crippen LogP contribution in [0.5, 0.6) is 0 Å². The lowest BCUT2D eigenvalue weighted by Gasteiger charge is -2.27.